The maximum absolute atomic E-state index is 6.13. The molecule has 6 heteroatoms. The standard InChI is InChI=1S/C13H15ClIN3S/c1-8(2)16-6-5-12-17-18-13(19-12)9-3-4-11(15)10(14)7-9/h3-4,7-8,16H,5-6H2,1-2H3. The zero-order valence-corrected chi connectivity index (χ0v) is 14.5. The van der Waals surface area contributed by atoms with Crippen molar-refractivity contribution in [1.29, 1.82) is 0 Å². The Balaban J connectivity index is 2.05. The number of nitrogens with zero attached hydrogens (tertiary/aromatic N) is 2. The SMILES string of the molecule is CC(C)NCCc1nnc(-c2ccc(I)c(Cl)c2)s1. The van der Waals surface area contributed by atoms with Crippen molar-refractivity contribution < 1.29 is 0 Å². The van der Waals surface area contributed by atoms with E-state index in [1.165, 1.54) is 0 Å². The number of benzene rings is 1. The molecule has 1 aromatic heterocycles. The van der Waals surface area contributed by atoms with Crippen LogP contribution in [0.25, 0.3) is 10.6 Å². The first-order valence-electron chi connectivity index (χ1n) is 6.07. The maximum atomic E-state index is 6.13. The van der Waals surface area contributed by atoms with Gasteiger partial charge in [0.2, 0.25) is 0 Å². The summed E-state index contributed by atoms with van der Waals surface area (Å²) in [4.78, 5) is 0. The highest BCUT2D eigenvalue weighted by molar-refractivity contribution is 14.1. The summed E-state index contributed by atoms with van der Waals surface area (Å²) in [6.07, 6.45) is 0.911. The predicted molar refractivity (Wildman–Crippen MR) is 89.9 cm³/mol. The van der Waals surface area contributed by atoms with Gasteiger partial charge in [0.25, 0.3) is 0 Å². The third kappa shape index (κ3) is 4.37. The van der Waals surface area contributed by atoms with Gasteiger partial charge in [-0.15, -0.1) is 10.2 Å². The van der Waals surface area contributed by atoms with Crippen molar-refractivity contribution in [1.82, 2.24) is 15.5 Å². The van der Waals surface area contributed by atoms with Gasteiger partial charge in [-0.25, -0.2) is 0 Å². The van der Waals surface area contributed by atoms with Crippen LogP contribution in [0.1, 0.15) is 18.9 Å². The number of hydrogen-bond donors (Lipinski definition) is 1. The highest BCUT2D eigenvalue weighted by Crippen LogP contribution is 2.28. The zero-order valence-electron chi connectivity index (χ0n) is 10.8. The summed E-state index contributed by atoms with van der Waals surface area (Å²) in [5.74, 6) is 0. The van der Waals surface area contributed by atoms with Crippen molar-refractivity contribution in [3.63, 3.8) is 0 Å². The summed E-state index contributed by atoms with van der Waals surface area (Å²) in [5, 5.41) is 14.6. The molecule has 0 atom stereocenters. The molecule has 0 spiro atoms. The van der Waals surface area contributed by atoms with Crippen molar-refractivity contribution in [2.24, 2.45) is 0 Å². The molecule has 0 bridgehead atoms. The molecule has 0 radical (unpaired) electrons. The number of aromatic nitrogens is 2. The topological polar surface area (TPSA) is 37.8 Å². The van der Waals surface area contributed by atoms with Crippen LogP contribution in [0.5, 0.6) is 0 Å². The van der Waals surface area contributed by atoms with E-state index in [9.17, 15) is 0 Å². The van der Waals surface area contributed by atoms with Gasteiger partial charge in [0, 0.05) is 28.1 Å². The van der Waals surface area contributed by atoms with E-state index in [4.69, 9.17) is 11.6 Å². The number of halogens is 2. The molecule has 1 aromatic carbocycles. The van der Waals surface area contributed by atoms with Crippen molar-refractivity contribution in [3.05, 3.63) is 31.8 Å². The first-order valence-corrected chi connectivity index (χ1v) is 8.35. The molecule has 3 nitrogen and oxygen atoms in total. The molecular formula is C13H15ClIN3S. The van der Waals surface area contributed by atoms with Gasteiger partial charge in [0.05, 0.1) is 5.02 Å². The molecule has 102 valence electrons. The summed E-state index contributed by atoms with van der Waals surface area (Å²) in [5.41, 5.74) is 1.03. The first-order chi connectivity index (χ1) is 9.06. The summed E-state index contributed by atoms with van der Waals surface area (Å²) < 4.78 is 1.05. The zero-order chi connectivity index (χ0) is 13.8. The molecule has 0 aliphatic heterocycles. The van der Waals surface area contributed by atoms with E-state index >= 15 is 0 Å². The summed E-state index contributed by atoms with van der Waals surface area (Å²) in [6.45, 7) is 5.21. The lowest BCUT2D eigenvalue weighted by Crippen LogP contribution is -2.24. The molecule has 0 aliphatic carbocycles. The average Bonchev–Trinajstić information content (AvgIpc) is 2.81. The quantitative estimate of drug-likeness (QED) is 0.761. The minimum absolute atomic E-state index is 0.502. The minimum Gasteiger partial charge on any atom is -0.314 e. The van der Waals surface area contributed by atoms with Crippen LogP contribution >= 0.6 is 45.5 Å². The molecule has 2 aromatic rings. The van der Waals surface area contributed by atoms with Gasteiger partial charge in [-0.2, -0.15) is 0 Å². The fraction of sp³-hybridized carbons (Fsp3) is 0.385. The normalized spacial score (nSPS) is 11.2. The van der Waals surface area contributed by atoms with Gasteiger partial charge in [0.1, 0.15) is 10.0 Å². The Morgan fingerprint density at radius 3 is 2.84 bits per heavy atom. The summed E-state index contributed by atoms with van der Waals surface area (Å²) in [6, 6.07) is 6.48. The van der Waals surface area contributed by atoms with Crippen molar-refractivity contribution in [2.75, 3.05) is 6.54 Å². The third-order valence-electron chi connectivity index (χ3n) is 2.52. The van der Waals surface area contributed by atoms with E-state index in [0.717, 1.165) is 37.1 Å². The molecule has 1 N–H and O–H groups in total. The second-order valence-corrected chi connectivity index (χ2v) is 7.12. The van der Waals surface area contributed by atoms with Gasteiger partial charge in [0.15, 0.2) is 0 Å². The average molecular weight is 408 g/mol. The Labute approximate surface area is 135 Å². The summed E-state index contributed by atoms with van der Waals surface area (Å²) in [7, 11) is 0. The van der Waals surface area contributed by atoms with Crippen LogP contribution in [0, 0.1) is 3.57 Å². The van der Waals surface area contributed by atoms with E-state index in [1.54, 1.807) is 11.3 Å². The van der Waals surface area contributed by atoms with Crippen LogP contribution in [0.4, 0.5) is 0 Å². The molecule has 0 unspecified atom stereocenters. The van der Waals surface area contributed by atoms with E-state index in [-0.39, 0.29) is 0 Å². The lowest BCUT2D eigenvalue weighted by molar-refractivity contribution is 0.588. The van der Waals surface area contributed by atoms with E-state index in [0.29, 0.717) is 6.04 Å². The van der Waals surface area contributed by atoms with Gasteiger partial charge in [-0.1, -0.05) is 42.9 Å². The molecule has 2 rings (SSSR count). The molecule has 1 heterocycles. The molecular weight excluding hydrogens is 393 g/mol. The van der Waals surface area contributed by atoms with E-state index in [2.05, 4.69) is 52.0 Å². The lowest BCUT2D eigenvalue weighted by Gasteiger charge is -2.05. The van der Waals surface area contributed by atoms with Crippen molar-refractivity contribution in [3.8, 4) is 10.6 Å². The Morgan fingerprint density at radius 1 is 1.37 bits per heavy atom. The molecule has 0 saturated heterocycles. The van der Waals surface area contributed by atoms with Crippen LogP contribution in [0.15, 0.2) is 18.2 Å². The van der Waals surface area contributed by atoms with Crippen LogP contribution in [0.3, 0.4) is 0 Å². The van der Waals surface area contributed by atoms with Crippen LogP contribution in [-0.2, 0) is 6.42 Å². The first kappa shape index (κ1) is 15.2. The second-order valence-electron chi connectivity index (χ2n) is 4.49. The van der Waals surface area contributed by atoms with Crippen LogP contribution < -0.4 is 5.32 Å². The third-order valence-corrected chi connectivity index (χ3v) is 5.13. The van der Waals surface area contributed by atoms with Crippen molar-refractivity contribution in [2.45, 2.75) is 26.3 Å². The van der Waals surface area contributed by atoms with E-state index in [1.807, 2.05) is 18.2 Å². The Bertz CT molecular complexity index is 557. The number of hydrogen-bond acceptors (Lipinski definition) is 4. The molecule has 0 amide bonds. The lowest BCUT2D eigenvalue weighted by atomic mass is 10.2. The summed E-state index contributed by atoms with van der Waals surface area (Å²) >= 11 is 9.97. The van der Waals surface area contributed by atoms with E-state index < -0.39 is 0 Å². The Kier molecular flexibility index (Phi) is 5.56. The highest BCUT2D eigenvalue weighted by atomic mass is 127. The van der Waals surface area contributed by atoms with Gasteiger partial charge < -0.3 is 5.32 Å². The number of nitrogens with one attached hydrogen (secondary N) is 1. The van der Waals surface area contributed by atoms with Gasteiger partial charge >= 0.3 is 0 Å². The molecule has 19 heavy (non-hydrogen) atoms. The van der Waals surface area contributed by atoms with Crippen LogP contribution in [-0.4, -0.2) is 22.8 Å². The smallest absolute Gasteiger partial charge is 0.147 e. The predicted octanol–water partition coefficient (Wildman–Crippen LogP) is 4.00. The van der Waals surface area contributed by atoms with Crippen LogP contribution in [0.2, 0.25) is 5.02 Å². The highest BCUT2D eigenvalue weighted by Gasteiger charge is 2.08. The Morgan fingerprint density at radius 2 is 2.16 bits per heavy atom. The number of rotatable bonds is 5. The Hall–Kier alpha value is -0.240. The van der Waals surface area contributed by atoms with Gasteiger partial charge in [-0.3, -0.25) is 0 Å². The fourth-order valence-electron chi connectivity index (χ4n) is 1.57. The fourth-order valence-corrected chi connectivity index (χ4v) is 2.92. The monoisotopic (exact) mass is 407 g/mol. The second kappa shape index (κ2) is 6.97. The van der Waals surface area contributed by atoms with Gasteiger partial charge in [-0.05, 0) is 34.7 Å². The largest absolute Gasteiger partial charge is 0.314 e. The molecule has 0 saturated carbocycles. The molecule has 0 fully saturated rings. The minimum atomic E-state index is 0.502. The maximum Gasteiger partial charge on any atom is 0.147 e. The molecule has 0 aliphatic rings. The van der Waals surface area contributed by atoms with Crippen molar-refractivity contribution >= 4 is 45.5 Å².